The SMILES string of the molecule is C(CN[C@@H]1CC[C@@H]2SCCS[C@H]21)COC[C@H]1CCOC1. The van der Waals surface area contributed by atoms with E-state index in [1.54, 1.807) is 0 Å². The Hall–Kier alpha value is 0.580. The van der Waals surface area contributed by atoms with Crippen molar-refractivity contribution in [3.05, 3.63) is 0 Å². The first-order chi connectivity index (χ1) is 9.93. The zero-order valence-corrected chi connectivity index (χ0v) is 13.9. The molecule has 20 heavy (non-hydrogen) atoms. The maximum atomic E-state index is 5.76. The molecule has 0 amide bonds. The third-order valence-electron chi connectivity index (χ3n) is 4.50. The molecule has 3 nitrogen and oxygen atoms in total. The Morgan fingerprint density at radius 1 is 1.15 bits per heavy atom. The summed E-state index contributed by atoms with van der Waals surface area (Å²) in [7, 11) is 0. The van der Waals surface area contributed by atoms with E-state index in [2.05, 4.69) is 28.8 Å². The van der Waals surface area contributed by atoms with Gasteiger partial charge in [-0.15, -0.1) is 0 Å². The average molecular weight is 318 g/mol. The van der Waals surface area contributed by atoms with Gasteiger partial charge in [0.2, 0.25) is 0 Å². The summed E-state index contributed by atoms with van der Waals surface area (Å²) >= 11 is 4.40. The quantitative estimate of drug-likeness (QED) is 0.729. The molecule has 4 atom stereocenters. The molecule has 0 aromatic heterocycles. The summed E-state index contributed by atoms with van der Waals surface area (Å²) in [6.07, 6.45) is 5.10. The summed E-state index contributed by atoms with van der Waals surface area (Å²) in [6.45, 7) is 4.72. The van der Waals surface area contributed by atoms with Crippen LogP contribution in [-0.2, 0) is 9.47 Å². The Morgan fingerprint density at radius 3 is 3.00 bits per heavy atom. The number of thioether (sulfide) groups is 2. The van der Waals surface area contributed by atoms with E-state index < -0.39 is 0 Å². The van der Waals surface area contributed by atoms with E-state index in [4.69, 9.17) is 9.47 Å². The highest BCUT2D eigenvalue weighted by Gasteiger charge is 2.38. The summed E-state index contributed by atoms with van der Waals surface area (Å²) in [5.41, 5.74) is 0. The van der Waals surface area contributed by atoms with E-state index in [0.29, 0.717) is 5.92 Å². The molecular weight excluding hydrogens is 290 g/mol. The zero-order valence-electron chi connectivity index (χ0n) is 12.2. The maximum Gasteiger partial charge on any atom is 0.0517 e. The van der Waals surface area contributed by atoms with Gasteiger partial charge in [0.25, 0.3) is 0 Å². The van der Waals surface area contributed by atoms with Gasteiger partial charge in [-0.2, -0.15) is 23.5 Å². The van der Waals surface area contributed by atoms with Crippen LogP contribution in [0.5, 0.6) is 0 Å². The summed E-state index contributed by atoms with van der Waals surface area (Å²) in [6, 6.07) is 0.751. The van der Waals surface area contributed by atoms with Crippen molar-refractivity contribution >= 4 is 23.5 Å². The Balaban J connectivity index is 1.23. The standard InChI is InChI=1S/C15H27NO2S2/c1(6-17-10-12-4-7-18-11-12)5-16-13-2-3-14-15(13)20-9-8-19-14/h12-16H,1-11H2/t12-,13-,14+,15+/m1/s1. The monoisotopic (exact) mass is 317 g/mol. The Morgan fingerprint density at radius 2 is 2.10 bits per heavy atom. The maximum absolute atomic E-state index is 5.76. The molecule has 0 radical (unpaired) electrons. The molecule has 1 aliphatic carbocycles. The van der Waals surface area contributed by atoms with Crippen molar-refractivity contribution in [3.63, 3.8) is 0 Å². The van der Waals surface area contributed by atoms with Crippen LogP contribution in [0.2, 0.25) is 0 Å². The molecule has 0 bridgehead atoms. The molecule has 0 spiro atoms. The molecule has 2 heterocycles. The van der Waals surface area contributed by atoms with Gasteiger partial charge in [0.15, 0.2) is 0 Å². The highest BCUT2D eigenvalue weighted by atomic mass is 32.2. The first-order valence-electron chi connectivity index (χ1n) is 8.05. The van der Waals surface area contributed by atoms with Gasteiger partial charge in [-0.05, 0) is 32.2 Å². The first kappa shape index (κ1) is 15.5. The number of hydrogen-bond acceptors (Lipinski definition) is 5. The highest BCUT2D eigenvalue weighted by molar-refractivity contribution is 8.07. The third kappa shape index (κ3) is 4.29. The van der Waals surface area contributed by atoms with E-state index in [0.717, 1.165) is 55.9 Å². The number of ether oxygens (including phenoxy) is 2. The molecule has 3 fully saturated rings. The van der Waals surface area contributed by atoms with Crippen molar-refractivity contribution in [2.24, 2.45) is 5.92 Å². The van der Waals surface area contributed by atoms with Crippen LogP contribution in [0.15, 0.2) is 0 Å². The topological polar surface area (TPSA) is 30.5 Å². The van der Waals surface area contributed by atoms with E-state index in [9.17, 15) is 0 Å². The van der Waals surface area contributed by atoms with Gasteiger partial charge in [-0.3, -0.25) is 0 Å². The molecule has 2 saturated heterocycles. The Kier molecular flexibility index (Phi) is 6.40. The number of nitrogens with one attached hydrogen (secondary N) is 1. The van der Waals surface area contributed by atoms with E-state index in [1.165, 1.54) is 30.8 Å². The predicted molar refractivity (Wildman–Crippen MR) is 87.9 cm³/mol. The van der Waals surface area contributed by atoms with Crippen LogP contribution in [0.1, 0.15) is 25.7 Å². The molecule has 3 aliphatic rings. The van der Waals surface area contributed by atoms with Crippen molar-refractivity contribution in [3.8, 4) is 0 Å². The van der Waals surface area contributed by atoms with Crippen molar-refractivity contribution in [2.75, 3.05) is 44.5 Å². The minimum Gasteiger partial charge on any atom is -0.381 e. The lowest BCUT2D eigenvalue weighted by Gasteiger charge is -2.28. The molecule has 0 unspecified atom stereocenters. The van der Waals surface area contributed by atoms with Gasteiger partial charge < -0.3 is 14.8 Å². The van der Waals surface area contributed by atoms with Crippen LogP contribution >= 0.6 is 23.5 Å². The molecule has 3 rings (SSSR count). The van der Waals surface area contributed by atoms with Crippen LogP contribution in [0.25, 0.3) is 0 Å². The molecular formula is C15H27NO2S2. The van der Waals surface area contributed by atoms with Gasteiger partial charge in [-0.25, -0.2) is 0 Å². The van der Waals surface area contributed by atoms with Crippen molar-refractivity contribution < 1.29 is 9.47 Å². The molecule has 116 valence electrons. The van der Waals surface area contributed by atoms with E-state index >= 15 is 0 Å². The van der Waals surface area contributed by atoms with Crippen LogP contribution < -0.4 is 5.32 Å². The van der Waals surface area contributed by atoms with Crippen LogP contribution in [0.4, 0.5) is 0 Å². The lowest BCUT2D eigenvalue weighted by Crippen LogP contribution is -2.39. The van der Waals surface area contributed by atoms with Crippen molar-refractivity contribution in [1.29, 1.82) is 0 Å². The van der Waals surface area contributed by atoms with Gasteiger partial charge in [-0.1, -0.05) is 0 Å². The van der Waals surface area contributed by atoms with E-state index in [-0.39, 0.29) is 0 Å². The van der Waals surface area contributed by atoms with Crippen LogP contribution in [0.3, 0.4) is 0 Å². The average Bonchev–Trinajstić information content (AvgIpc) is 3.12. The second-order valence-corrected chi connectivity index (χ2v) is 8.67. The van der Waals surface area contributed by atoms with Crippen molar-refractivity contribution in [1.82, 2.24) is 5.32 Å². The number of hydrogen-bond donors (Lipinski definition) is 1. The lowest BCUT2D eigenvalue weighted by molar-refractivity contribution is 0.0880. The van der Waals surface area contributed by atoms with Gasteiger partial charge in [0.1, 0.15) is 0 Å². The summed E-state index contributed by atoms with van der Waals surface area (Å²) in [5.74, 6) is 3.35. The van der Waals surface area contributed by atoms with Gasteiger partial charge in [0, 0.05) is 47.2 Å². The third-order valence-corrected chi connectivity index (χ3v) is 7.81. The smallest absolute Gasteiger partial charge is 0.0517 e. The minimum atomic E-state index is 0.647. The van der Waals surface area contributed by atoms with Gasteiger partial charge >= 0.3 is 0 Å². The molecule has 0 aromatic rings. The highest BCUT2D eigenvalue weighted by Crippen LogP contribution is 2.41. The lowest BCUT2D eigenvalue weighted by atomic mass is 10.1. The first-order valence-corrected chi connectivity index (χ1v) is 10.2. The fourth-order valence-electron chi connectivity index (χ4n) is 3.36. The number of rotatable bonds is 7. The second-order valence-electron chi connectivity index (χ2n) is 6.04. The molecule has 5 heteroatoms. The van der Waals surface area contributed by atoms with E-state index in [1.807, 2.05) is 0 Å². The summed E-state index contributed by atoms with van der Waals surface area (Å²) in [4.78, 5) is 0. The largest absolute Gasteiger partial charge is 0.381 e. The fourth-order valence-corrected chi connectivity index (χ4v) is 6.68. The molecule has 1 N–H and O–H groups in total. The van der Waals surface area contributed by atoms with Crippen LogP contribution in [0, 0.1) is 5.92 Å². The predicted octanol–water partition coefficient (Wildman–Crippen LogP) is 2.40. The zero-order chi connectivity index (χ0) is 13.6. The minimum absolute atomic E-state index is 0.647. The normalized spacial score (nSPS) is 37.2. The number of fused-ring (bicyclic) bond motifs is 1. The van der Waals surface area contributed by atoms with Crippen molar-refractivity contribution in [2.45, 2.75) is 42.2 Å². The van der Waals surface area contributed by atoms with Crippen LogP contribution in [-0.4, -0.2) is 61.0 Å². The second kappa shape index (κ2) is 8.28. The molecule has 0 aromatic carbocycles. The summed E-state index contributed by atoms with van der Waals surface area (Å²) in [5, 5.41) is 5.56. The van der Waals surface area contributed by atoms with Gasteiger partial charge in [0.05, 0.1) is 13.2 Å². The molecule has 1 saturated carbocycles. The molecule has 2 aliphatic heterocycles. The Labute approximate surface area is 131 Å². The summed E-state index contributed by atoms with van der Waals surface area (Å²) < 4.78 is 11.1. The fraction of sp³-hybridized carbons (Fsp3) is 1.00. The Bertz CT molecular complexity index is 287.